The van der Waals surface area contributed by atoms with Crippen molar-refractivity contribution < 1.29 is 13.9 Å². The molecule has 0 bridgehead atoms. The smallest absolute Gasteiger partial charge is 0.310 e. The first-order valence-corrected chi connectivity index (χ1v) is 5.20. The number of nitrogens with two attached hydrogens (primary N) is 1. The third kappa shape index (κ3) is 3.02. The van der Waals surface area contributed by atoms with Crippen molar-refractivity contribution in [1.29, 1.82) is 5.26 Å². The number of carbonyl (C=O) groups excluding carboxylic acids is 1. The zero-order chi connectivity index (χ0) is 12.8. The Balaban J connectivity index is 3.04. The molecule has 2 N–H and O–H groups in total. The van der Waals surface area contributed by atoms with E-state index in [0.29, 0.717) is 5.56 Å². The molecule has 0 aliphatic rings. The van der Waals surface area contributed by atoms with E-state index in [9.17, 15) is 9.18 Å². The fourth-order valence-corrected chi connectivity index (χ4v) is 1.45. The standard InChI is InChI=1S/C12H13FN2O2/c1-2-17-11(16)5-8-3-4-9(6-14)10(7-15)12(8)13/h3-4H,2,5-6,14H2,1H3. The fraction of sp³-hybridized carbons (Fsp3) is 0.333. The average molecular weight is 236 g/mol. The molecule has 1 aromatic rings. The molecule has 0 saturated carbocycles. The van der Waals surface area contributed by atoms with Crippen LogP contribution in [0.4, 0.5) is 4.39 Å². The van der Waals surface area contributed by atoms with E-state index in [-0.39, 0.29) is 30.7 Å². The molecule has 0 saturated heterocycles. The van der Waals surface area contributed by atoms with E-state index < -0.39 is 11.8 Å². The van der Waals surface area contributed by atoms with E-state index in [1.54, 1.807) is 19.1 Å². The van der Waals surface area contributed by atoms with Gasteiger partial charge in [0.05, 0.1) is 18.6 Å². The third-order valence-electron chi connectivity index (χ3n) is 2.28. The second-order valence-corrected chi connectivity index (χ2v) is 3.37. The van der Waals surface area contributed by atoms with Crippen LogP contribution in [-0.4, -0.2) is 12.6 Å². The van der Waals surface area contributed by atoms with E-state index in [2.05, 4.69) is 0 Å². The molecule has 1 rings (SSSR count). The summed E-state index contributed by atoms with van der Waals surface area (Å²) in [5, 5.41) is 8.83. The van der Waals surface area contributed by atoms with Gasteiger partial charge in [0, 0.05) is 12.1 Å². The highest BCUT2D eigenvalue weighted by Gasteiger charge is 2.15. The van der Waals surface area contributed by atoms with Gasteiger partial charge < -0.3 is 10.5 Å². The van der Waals surface area contributed by atoms with Crippen molar-refractivity contribution >= 4 is 5.97 Å². The molecule has 1 aromatic carbocycles. The highest BCUT2D eigenvalue weighted by atomic mass is 19.1. The Morgan fingerprint density at radius 2 is 2.18 bits per heavy atom. The highest BCUT2D eigenvalue weighted by molar-refractivity contribution is 5.73. The van der Waals surface area contributed by atoms with Gasteiger partial charge >= 0.3 is 5.97 Å². The molecule has 0 amide bonds. The van der Waals surface area contributed by atoms with Gasteiger partial charge in [-0.15, -0.1) is 0 Å². The van der Waals surface area contributed by atoms with E-state index in [1.165, 1.54) is 6.07 Å². The van der Waals surface area contributed by atoms with E-state index >= 15 is 0 Å². The maximum atomic E-state index is 13.8. The highest BCUT2D eigenvalue weighted by Crippen LogP contribution is 2.17. The second kappa shape index (κ2) is 5.97. The van der Waals surface area contributed by atoms with Crippen molar-refractivity contribution in [2.45, 2.75) is 19.9 Å². The molecule has 4 nitrogen and oxygen atoms in total. The molecule has 0 aromatic heterocycles. The molecular weight excluding hydrogens is 223 g/mol. The summed E-state index contributed by atoms with van der Waals surface area (Å²) in [4.78, 5) is 11.2. The van der Waals surface area contributed by atoms with Crippen LogP contribution in [0.2, 0.25) is 0 Å². The van der Waals surface area contributed by atoms with Gasteiger partial charge in [0.15, 0.2) is 0 Å². The number of ether oxygens (including phenoxy) is 1. The Bertz CT molecular complexity index is 466. The zero-order valence-electron chi connectivity index (χ0n) is 9.50. The van der Waals surface area contributed by atoms with Crippen molar-refractivity contribution in [3.8, 4) is 6.07 Å². The minimum absolute atomic E-state index is 0.0828. The minimum atomic E-state index is -0.691. The van der Waals surface area contributed by atoms with Gasteiger partial charge in [0.2, 0.25) is 0 Å². The predicted molar refractivity (Wildman–Crippen MR) is 59.3 cm³/mol. The van der Waals surface area contributed by atoms with Crippen LogP contribution in [0.1, 0.15) is 23.6 Å². The predicted octanol–water partition coefficient (Wildman–Crippen LogP) is 1.26. The normalized spacial score (nSPS) is 9.76. The summed E-state index contributed by atoms with van der Waals surface area (Å²) in [6, 6.07) is 4.76. The Hall–Kier alpha value is -1.93. The lowest BCUT2D eigenvalue weighted by molar-refractivity contribution is -0.142. The summed E-state index contributed by atoms with van der Waals surface area (Å²) < 4.78 is 18.6. The molecule has 17 heavy (non-hydrogen) atoms. The molecule has 5 heteroatoms. The number of esters is 1. The largest absolute Gasteiger partial charge is 0.466 e. The maximum Gasteiger partial charge on any atom is 0.310 e. The number of carbonyl (C=O) groups is 1. The second-order valence-electron chi connectivity index (χ2n) is 3.37. The van der Waals surface area contributed by atoms with Gasteiger partial charge in [-0.25, -0.2) is 4.39 Å². The van der Waals surface area contributed by atoms with Gasteiger partial charge in [0.1, 0.15) is 11.9 Å². The van der Waals surface area contributed by atoms with Gasteiger partial charge in [-0.3, -0.25) is 4.79 Å². The van der Waals surface area contributed by atoms with Crippen LogP contribution in [0.5, 0.6) is 0 Å². The number of rotatable bonds is 4. The van der Waals surface area contributed by atoms with Crippen molar-refractivity contribution in [2.24, 2.45) is 5.73 Å². The van der Waals surface area contributed by atoms with Crippen LogP contribution < -0.4 is 5.73 Å². The Labute approximate surface area is 98.8 Å². The summed E-state index contributed by atoms with van der Waals surface area (Å²) in [6.45, 7) is 2.00. The van der Waals surface area contributed by atoms with Gasteiger partial charge in [0.25, 0.3) is 0 Å². The molecule has 0 atom stereocenters. The number of nitrogens with zero attached hydrogens (tertiary/aromatic N) is 1. The summed E-state index contributed by atoms with van der Waals surface area (Å²) in [5.74, 6) is -1.21. The first kappa shape index (κ1) is 13.1. The summed E-state index contributed by atoms with van der Waals surface area (Å²) >= 11 is 0. The molecule has 0 spiro atoms. The molecule has 0 aliphatic heterocycles. The number of hydrogen-bond donors (Lipinski definition) is 1. The van der Waals surface area contributed by atoms with Gasteiger partial charge in [-0.05, 0) is 12.5 Å². The van der Waals surface area contributed by atoms with E-state index in [0.717, 1.165) is 0 Å². The number of nitriles is 1. The van der Waals surface area contributed by atoms with Crippen LogP contribution in [0, 0.1) is 17.1 Å². The molecule has 90 valence electrons. The topological polar surface area (TPSA) is 76.1 Å². The van der Waals surface area contributed by atoms with Gasteiger partial charge in [-0.2, -0.15) is 5.26 Å². The van der Waals surface area contributed by atoms with Crippen LogP contribution in [0.25, 0.3) is 0 Å². The van der Waals surface area contributed by atoms with E-state index in [4.69, 9.17) is 15.7 Å². The average Bonchev–Trinajstić information content (AvgIpc) is 2.31. The van der Waals surface area contributed by atoms with Gasteiger partial charge in [-0.1, -0.05) is 12.1 Å². The molecule has 0 unspecified atom stereocenters. The monoisotopic (exact) mass is 236 g/mol. The third-order valence-corrected chi connectivity index (χ3v) is 2.28. The Morgan fingerprint density at radius 1 is 1.53 bits per heavy atom. The Morgan fingerprint density at radius 3 is 2.71 bits per heavy atom. The zero-order valence-corrected chi connectivity index (χ0v) is 9.50. The molecule has 0 fully saturated rings. The van der Waals surface area contributed by atoms with E-state index in [1.807, 2.05) is 0 Å². The number of hydrogen-bond acceptors (Lipinski definition) is 4. The quantitative estimate of drug-likeness (QED) is 0.798. The SMILES string of the molecule is CCOC(=O)Cc1ccc(CN)c(C#N)c1F. The maximum absolute atomic E-state index is 13.8. The fourth-order valence-electron chi connectivity index (χ4n) is 1.45. The first-order chi connectivity index (χ1) is 8.13. The van der Waals surface area contributed by atoms with Crippen molar-refractivity contribution in [3.05, 3.63) is 34.6 Å². The number of halogens is 1. The number of benzene rings is 1. The lowest BCUT2D eigenvalue weighted by Gasteiger charge is -2.07. The van der Waals surface area contributed by atoms with Crippen LogP contribution in [-0.2, 0) is 22.5 Å². The van der Waals surface area contributed by atoms with Crippen LogP contribution in [0.3, 0.4) is 0 Å². The van der Waals surface area contributed by atoms with Crippen LogP contribution >= 0.6 is 0 Å². The molecule has 0 heterocycles. The first-order valence-electron chi connectivity index (χ1n) is 5.20. The molecular formula is C12H13FN2O2. The summed E-state index contributed by atoms with van der Waals surface area (Å²) in [6.07, 6.45) is -0.181. The lowest BCUT2D eigenvalue weighted by Crippen LogP contribution is -2.11. The summed E-state index contributed by atoms with van der Waals surface area (Å²) in [7, 11) is 0. The van der Waals surface area contributed by atoms with Crippen molar-refractivity contribution in [3.63, 3.8) is 0 Å². The minimum Gasteiger partial charge on any atom is -0.466 e. The lowest BCUT2D eigenvalue weighted by atomic mass is 10.0. The van der Waals surface area contributed by atoms with Crippen molar-refractivity contribution in [1.82, 2.24) is 0 Å². The van der Waals surface area contributed by atoms with Crippen molar-refractivity contribution in [2.75, 3.05) is 6.61 Å². The summed E-state index contributed by atoms with van der Waals surface area (Å²) in [5.41, 5.74) is 5.86. The Kier molecular flexibility index (Phi) is 4.61. The molecule has 0 radical (unpaired) electrons. The molecule has 0 aliphatic carbocycles. The van der Waals surface area contributed by atoms with Crippen LogP contribution in [0.15, 0.2) is 12.1 Å².